The Kier molecular flexibility index (Phi) is 4.89. The maximum atomic E-state index is 12.2. The van der Waals surface area contributed by atoms with Crippen LogP contribution in [0.25, 0.3) is 0 Å². The molecule has 1 saturated heterocycles. The monoisotopic (exact) mass is 298 g/mol. The van der Waals surface area contributed by atoms with E-state index in [1.807, 2.05) is 17.7 Å². The minimum atomic E-state index is -0.949. The number of nitrogens with one attached hydrogen (secondary N) is 1. The molecular formula is C12H18N4O3S. The lowest BCUT2D eigenvalue weighted by Gasteiger charge is -2.33. The fraction of sp³-hybridized carbons (Fsp3) is 0.583. The van der Waals surface area contributed by atoms with E-state index in [0.717, 1.165) is 5.75 Å². The number of nitrogens with zero attached hydrogens (tertiary/aromatic N) is 3. The molecule has 1 aromatic rings. The van der Waals surface area contributed by atoms with Crippen molar-refractivity contribution < 1.29 is 14.7 Å². The van der Waals surface area contributed by atoms with Crippen molar-refractivity contribution in [1.82, 2.24) is 19.8 Å². The minimum absolute atomic E-state index is 0.0966. The zero-order chi connectivity index (χ0) is 14.5. The average Bonchev–Trinajstić information content (AvgIpc) is 2.91. The zero-order valence-corrected chi connectivity index (χ0v) is 12.0. The van der Waals surface area contributed by atoms with Gasteiger partial charge in [-0.2, -0.15) is 11.8 Å². The van der Waals surface area contributed by atoms with Gasteiger partial charge < -0.3 is 19.9 Å². The van der Waals surface area contributed by atoms with Gasteiger partial charge in [-0.3, -0.25) is 0 Å². The van der Waals surface area contributed by atoms with Crippen LogP contribution in [0.4, 0.5) is 4.79 Å². The summed E-state index contributed by atoms with van der Waals surface area (Å²) in [4.78, 5) is 28.7. The quantitative estimate of drug-likeness (QED) is 0.844. The fourth-order valence-electron chi connectivity index (χ4n) is 2.10. The fourth-order valence-corrected chi connectivity index (χ4v) is 3.14. The molecule has 2 amide bonds. The molecule has 1 aromatic heterocycles. The molecular weight excluding hydrogens is 280 g/mol. The summed E-state index contributed by atoms with van der Waals surface area (Å²) in [6.07, 6.45) is 5.18. The molecule has 0 saturated carbocycles. The third-order valence-electron chi connectivity index (χ3n) is 3.09. The van der Waals surface area contributed by atoms with Crippen molar-refractivity contribution in [2.75, 3.05) is 18.1 Å². The maximum absolute atomic E-state index is 12.2. The van der Waals surface area contributed by atoms with Gasteiger partial charge in [0.2, 0.25) is 0 Å². The lowest BCUT2D eigenvalue weighted by molar-refractivity contribution is -0.141. The number of imidazole rings is 1. The van der Waals surface area contributed by atoms with Crippen LogP contribution in [0.3, 0.4) is 0 Å². The van der Waals surface area contributed by atoms with E-state index in [4.69, 9.17) is 5.11 Å². The Morgan fingerprint density at radius 3 is 3.05 bits per heavy atom. The molecule has 1 aliphatic rings. The van der Waals surface area contributed by atoms with Gasteiger partial charge in [0, 0.05) is 43.0 Å². The lowest BCUT2D eigenvalue weighted by atomic mass is 10.2. The molecule has 2 N–H and O–H groups in total. The van der Waals surface area contributed by atoms with Crippen LogP contribution in [-0.2, 0) is 11.3 Å². The predicted molar refractivity (Wildman–Crippen MR) is 75.7 cm³/mol. The molecule has 2 heterocycles. The Bertz CT molecular complexity index is 465. The van der Waals surface area contributed by atoms with Gasteiger partial charge in [-0.1, -0.05) is 0 Å². The molecule has 0 aromatic carbocycles. The van der Waals surface area contributed by atoms with Crippen LogP contribution >= 0.6 is 11.8 Å². The highest BCUT2D eigenvalue weighted by atomic mass is 32.2. The molecule has 2 rings (SSSR count). The molecule has 0 bridgehead atoms. The van der Waals surface area contributed by atoms with E-state index in [2.05, 4.69) is 10.3 Å². The lowest BCUT2D eigenvalue weighted by Crippen LogP contribution is -2.55. The van der Waals surface area contributed by atoms with Crippen molar-refractivity contribution in [2.45, 2.75) is 25.6 Å². The van der Waals surface area contributed by atoms with E-state index in [0.29, 0.717) is 18.8 Å². The van der Waals surface area contributed by atoms with Crippen LogP contribution in [0.2, 0.25) is 0 Å². The number of carboxylic acid groups (broad SMARTS) is 1. The summed E-state index contributed by atoms with van der Waals surface area (Å²) < 4.78 is 1.87. The molecule has 0 aliphatic carbocycles. The average molecular weight is 298 g/mol. The summed E-state index contributed by atoms with van der Waals surface area (Å²) in [5.74, 6) is 0.265. The van der Waals surface area contributed by atoms with Crippen molar-refractivity contribution in [3.05, 3.63) is 18.7 Å². The number of urea groups is 1. The normalized spacial score (nSPS) is 20.4. The van der Waals surface area contributed by atoms with Crippen LogP contribution in [0.15, 0.2) is 18.7 Å². The van der Waals surface area contributed by atoms with Crippen molar-refractivity contribution in [3.8, 4) is 0 Å². The third kappa shape index (κ3) is 3.66. The van der Waals surface area contributed by atoms with E-state index >= 15 is 0 Å². The summed E-state index contributed by atoms with van der Waals surface area (Å²) in [6, 6.07) is -1.15. The first-order chi connectivity index (χ1) is 9.58. The highest BCUT2D eigenvalue weighted by molar-refractivity contribution is 7.99. The maximum Gasteiger partial charge on any atom is 0.327 e. The smallest absolute Gasteiger partial charge is 0.327 e. The highest BCUT2D eigenvalue weighted by Gasteiger charge is 2.32. The molecule has 1 fully saturated rings. The second kappa shape index (κ2) is 6.65. The van der Waals surface area contributed by atoms with E-state index < -0.39 is 12.0 Å². The molecule has 7 nitrogen and oxygen atoms in total. The second-order valence-corrected chi connectivity index (χ2v) is 5.88. The topological polar surface area (TPSA) is 87.5 Å². The SMILES string of the molecule is CC(Cn1ccnc1)NC(=O)N1CCSCC1C(=O)O. The molecule has 110 valence electrons. The van der Waals surface area contributed by atoms with Gasteiger partial charge in [0.25, 0.3) is 0 Å². The van der Waals surface area contributed by atoms with Crippen molar-refractivity contribution in [2.24, 2.45) is 0 Å². The minimum Gasteiger partial charge on any atom is -0.480 e. The van der Waals surface area contributed by atoms with Crippen molar-refractivity contribution >= 4 is 23.8 Å². The Labute approximate surface area is 121 Å². The van der Waals surface area contributed by atoms with Crippen LogP contribution in [-0.4, -0.2) is 61.7 Å². The van der Waals surface area contributed by atoms with Crippen molar-refractivity contribution in [3.63, 3.8) is 0 Å². The number of hydrogen-bond acceptors (Lipinski definition) is 4. The molecule has 0 radical (unpaired) electrons. The number of amides is 2. The van der Waals surface area contributed by atoms with Crippen LogP contribution < -0.4 is 5.32 Å². The van der Waals surface area contributed by atoms with E-state index in [9.17, 15) is 9.59 Å². The van der Waals surface area contributed by atoms with Gasteiger partial charge in [0.15, 0.2) is 0 Å². The second-order valence-electron chi connectivity index (χ2n) is 4.73. The van der Waals surface area contributed by atoms with Gasteiger partial charge in [0.1, 0.15) is 6.04 Å². The van der Waals surface area contributed by atoms with Gasteiger partial charge in [-0.05, 0) is 6.92 Å². The largest absolute Gasteiger partial charge is 0.480 e. The van der Waals surface area contributed by atoms with Crippen molar-refractivity contribution in [1.29, 1.82) is 0 Å². The summed E-state index contributed by atoms with van der Waals surface area (Å²) in [7, 11) is 0. The van der Waals surface area contributed by atoms with E-state index in [-0.39, 0.29) is 12.1 Å². The standard InChI is InChI=1S/C12H18N4O3S/c1-9(6-15-3-2-13-8-15)14-12(19)16-4-5-20-7-10(16)11(17)18/h2-3,8-10H,4-7H2,1H3,(H,14,19)(H,17,18). The Balaban J connectivity index is 1.90. The van der Waals surface area contributed by atoms with Gasteiger partial charge in [-0.15, -0.1) is 0 Å². The highest BCUT2D eigenvalue weighted by Crippen LogP contribution is 2.16. The number of carbonyl (C=O) groups excluding carboxylic acids is 1. The number of carbonyl (C=O) groups is 2. The molecule has 8 heteroatoms. The first-order valence-corrected chi connectivity index (χ1v) is 7.57. The van der Waals surface area contributed by atoms with Gasteiger partial charge in [-0.25, -0.2) is 14.6 Å². The number of rotatable bonds is 4. The first-order valence-electron chi connectivity index (χ1n) is 6.41. The molecule has 0 spiro atoms. The number of thioether (sulfide) groups is 1. The summed E-state index contributed by atoms with van der Waals surface area (Å²) in [5.41, 5.74) is 0. The molecule has 1 aliphatic heterocycles. The number of aromatic nitrogens is 2. The molecule has 2 unspecified atom stereocenters. The summed E-state index contributed by atoms with van der Waals surface area (Å²) in [5, 5.41) is 12.0. The Morgan fingerprint density at radius 1 is 1.60 bits per heavy atom. The van der Waals surface area contributed by atoms with Crippen LogP contribution in [0.1, 0.15) is 6.92 Å². The first kappa shape index (κ1) is 14.7. The van der Waals surface area contributed by atoms with Crippen LogP contribution in [0, 0.1) is 0 Å². The number of hydrogen-bond donors (Lipinski definition) is 2. The number of carboxylic acids is 1. The van der Waals surface area contributed by atoms with E-state index in [1.54, 1.807) is 24.3 Å². The van der Waals surface area contributed by atoms with Gasteiger partial charge >= 0.3 is 12.0 Å². The van der Waals surface area contributed by atoms with E-state index in [1.165, 1.54) is 4.90 Å². The summed E-state index contributed by atoms with van der Waals surface area (Å²) in [6.45, 7) is 2.95. The van der Waals surface area contributed by atoms with Gasteiger partial charge in [0.05, 0.1) is 6.33 Å². The predicted octanol–water partition coefficient (Wildman–Crippen LogP) is 0.483. The zero-order valence-electron chi connectivity index (χ0n) is 11.2. The summed E-state index contributed by atoms with van der Waals surface area (Å²) >= 11 is 1.56. The molecule has 2 atom stereocenters. The Morgan fingerprint density at radius 2 is 2.40 bits per heavy atom. The third-order valence-corrected chi connectivity index (χ3v) is 4.11. The van der Waals surface area contributed by atoms with Crippen LogP contribution in [0.5, 0.6) is 0 Å². The number of aliphatic carboxylic acids is 1. The molecule has 20 heavy (non-hydrogen) atoms. The Hall–Kier alpha value is -1.70.